The summed E-state index contributed by atoms with van der Waals surface area (Å²) in [6.07, 6.45) is 0. The molecule has 0 aliphatic carbocycles. The molecule has 0 aliphatic rings. The van der Waals surface area contributed by atoms with E-state index >= 15 is 0 Å². The van der Waals surface area contributed by atoms with E-state index in [0.717, 1.165) is 17.0 Å². The molecule has 18 heavy (non-hydrogen) atoms. The Bertz CT molecular complexity index is 567. The molecule has 0 aliphatic heterocycles. The average Bonchev–Trinajstić information content (AvgIpc) is 2.79. The summed E-state index contributed by atoms with van der Waals surface area (Å²) in [4.78, 5) is 11.1. The number of hydrogen-bond donors (Lipinski definition) is 1. The summed E-state index contributed by atoms with van der Waals surface area (Å²) in [5, 5.41) is 17.2. The quantitative estimate of drug-likeness (QED) is 0.899. The lowest BCUT2D eigenvalue weighted by Gasteiger charge is -2.11. The Labute approximate surface area is 109 Å². The number of nitrogens with zero attached hydrogens (tertiary/aromatic N) is 3. The smallest absolute Gasteiger partial charge is 0.338 e. The molecule has 5 nitrogen and oxygen atoms in total. The molecule has 0 bridgehead atoms. The fraction of sp³-hybridized carbons (Fsp3) is 0.417. The summed E-state index contributed by atoms with van der Waals surface area (Å²) in [6, 6.07) is 5.33. The van der Waals surface area contributed by atoms with Crippen LogP contribution in [-0.2, 0) is 0 Å². The minimum Gasteiger partial charge on any atom is -0.478 e. The van der Waals surface area contributed by atoms with Crippen molar-refractivity contribution in [2.75, 3.05) is 11.5 Å². The Morgan fingerprint density at radius 3 is 3.00 bits per heavy atom. The van der Waals surface area contributed by atoms with Gasteiger partial charge in [0.25, 0.3) is 0 Å². The van der Waals surface area contributed by atoms with Gasteiger partial charge in [-0.05, 0) is 24.8 Å². The van der Waals surface area contributed by atoms with Crippen LogP contribution >= 0.6 is 11.8 Å². The van der Waals surface area contributed by atoms with Gasteiger partial charge in [-0.25, -0.2) is 9.48 Å². The Kier molecular flexibility index (Phi) is 3.86. The molecule has 0 radical (unpaired) electrons. The van der Waals surface area contributed by atoms with Gasteiger partial charge in [0.2, 0.25) is 0 Å². The highest BCUT2D eigenvalue weighted by molar-refractivity contribution is 7.99. The number of carboxylic acid groups (broad SMARTS) is 1. The maximum atomic E-state index is 11.1. The van der Waals surface area contributed by atoms with Gasteiger partial charge in [-0.15, -0.1) is 5.10 Å². The Morgan fingerprint density at radius 1 is 1.56 bits per heavy atom. The van der Waals surface area contributed by atoms with Gasteiger partial charge in [0, 0.05) is 5.75 Å². The van der Waals surface area contributed by atoms with Gasteiger partial charge in [-0.2, -0.15) is 11.8 Å². The molecule has 6 heteroatoms. The average molecular weight is 265 g/mol. The molecule has 0 spiro atoms. The maximum absolute atomic E-state index is 11.1. The van der Waals surface area contributed by atoms with Crippen molar-refractivity contribution in [1.82, 2.24) is 15.0 Å². The van der Waals surface area contributed by atoms with Gasteiger partial charge in [-0.3, -0.25) is 0 Å². The van der Waals surface area contributed by atoms with Crippen LogP contribution in [0.25, 0.3) is 11.0 Å². The summed E-state index contributed by atoms with van der Waals surface area (Å²) < 4.78 is 1.80. The Hall–Kier alpha value is -1.56. The molecule has 1 N–H and O–H groups in total. The van der Waals surface area contributed by atoms with Crippen LogP contribution < -0.4 is 0 Å². The van der Waals surface area contributed by atoms with Gasteiger partial charge in [0.05, 0.1) is 17.1 Å². The summed E-state index contributed by atoms with van der Waals surface area (Å²) in [7, 11) is 0. The zero-order valence-electron chi connectivity index (χ0n) is 10.3. The monoisotopic (exact) mass is 265 g/mol. The topological polar surface area (TPSA) is 68.0 Å². The summed E-state index contributed by atoms with van der Waals surface area (Å²) in [6.45, 7) is 4.17. The normalized spacial score (nSPS) is 12.8. The standard InChI is InChI=1S/C12H15N3O2S/c1-3-18-7-8(2)15-10-6-4-5-9(12(16)17)11(10)13-14-15/h4-6,8H,3,7H2,1-2H3,(H,16,17). The van der Waals surface area contributed by atoms with E-state index in [1.807, 2.05) is 17.8 Å². The van der Waals surface area contributed by atoms with Crippen molar-refractivity contribution in [1.29, 1.82) is 0 Å². The number of carboxylic acids is 1. The van der Waals surface area contributed by atoms with Crippen molar-refractivity contribution in [3.8, 4) is 0 Å². The molecule has 2 aromatic rings. The number of rotatable bonds is 5. The van der Waals surface area contributed by atoms with E-state index in [4.69, 9.17) is 5.11 Å². The second kappa shape index (κ2) is 5.39. The first-order valence-electron chi connectivity index (χ1n) is 5.80. The number of aromatic nitrogens is 3. The number of carbonyl (C=O) groups is 1. The van der Waals surface area contributed by atoms with Crippen LogP contribution in [0.5, 0.6) is 0 Å². The van der Waals surface area contributed by atoms with Gasteiger partial charge >= 0.3 is 5.97 Å². The molecular formula is C12H15N3O2S. The molecule has 0 fully saturated rings. The van der Waals surface area contributed by atoms with Crippen molar-refractivity contribution >= 4 is 28.8 Å². The zero-order chi connectivity index (χ0) is 13.1. The Morgan fingerprint density at radius 2 is 2.33 bits per heavy atom. The predicted octanol–water partition coefficient (Wildman–Crippen LogP) is 2.44. The van der Waals surface area contributed by atoms with Gasteiger partial charge in [-0.1, -0.05) is 18.2 Å². The third kappa shape index (κ3) is 2.33. The van der Waals surface area contributed by atoms with Gasteiger partial charge < -0.3 is 5.11 Å². The molecule has 1 heterocycles. The van der Waals surface area contributed by atoms with E-state index < -0.39 is 5.97 Å². The molecular weight excluding hydrogens is 250 g/mol. The number of fused-ring (bicyclic) bond motifs is 1. The van der Waals surface area contributed by atoms with Crippen LogP contribution in [-0.4, -0.2) is 37.6 Å². The molecule has 2 rings (SSSR count). The SMILES string of the molecule is CCSCC(C)n1nnc2c(C(=O)O)cccc21. The second-order valence-corrected chi connectivity index (χ2v) is 5.34. The largest absolute Gasteiger partial charge is 0.478 e. The number of benzene rings is 1. The van der Waals surface area contributed by atoms with Gasteiger partial charge in [0.15, 0.2) is 0 Å². The van der Waals surface area contributed by atoms with E-state index in [-0.39, 0.29) is 11.6 Å². The van der Waals surface area contributed by atoms with Crippen LogP contribution in [0.1, 0.15) is 30.2 Å². The molecule has 1 aromatic carbocycles. The summed E-state index contributed by atoms with van der Waals surface area (Å²) in [5.74, 6) is 1.02. The van der Waals surface area contributed by atoms with E-state index in [2.05, 4.69) is 24.2 Å². The van der Waals surface area contributed by atoms with Crippen LogP contribution in [0.15, 0.2) is 18.2 Å². The summed E-state index contributed by atoms with van der Waals surface area (Å²) >= 11 is 1.83. The van der Waals surface area contributed by atoms with Crippen LogP contribution in [0.2, 0.25) is 0 Å². The lowest BCUT2D eigenvalue weighted by atomic mass is 10.2. The van der Waals surface area contributed by atoms with Crippen molar-refractivity contribution < 1.29 is 9.90 Å². The minimum absolute atomic E-state index is 0.198. The molecule has 0 amide bonds. The van der Waals surface area contributed by atoms with Crippen molar-refractivity contribution in [2.24, 2.45) is 0 Å². The molecule has 0 saturated carbocycles. The highest BCUT2D eigenvalue weighted by Gasteiger charge is 2.16. The minimum atomic E-state index is -0.969. The van der Waals surface area contributed by atoms with E-state index in [9.17, 15) is 4.79 Å². The molecule has 1 atom stereocenters. The van der Waals surface area contributed by atoms with Crippen molar-refractivity contribution in [3.05, 3.63) is 23.8 Å². The summed E-state index contributed by atoms with van der Waals surface area (Å²) in [5.41, 5.74) is 1.44. The predicted molar refractivity (Wildman–Crippen MR) is 72.2 cm³/mol. The van der Waals surface area contributed by atoms with E-state index in [1.165, 1.54) is 0 Å². The fourth-order valence-corrected chi connectivity index (χ4v) is 2.54. The van der Waals surface area contributed by atoms with Crippen molar-refractivity contribution in [2.45, 2.75) is 19.9 Å². The van der Waals surface area contributed by atoms with Crippen LogP contribution in [0.3, 0.4) is 0 Å². The third-order valence-electron chi connectivity index (χ3n) is 2.71. The molecule has 0 saturated heterocycles. The Balaban J connectivity index is 2.42. The molecule has 1 aromatic heterocycles. The first-order chi connectivity index (χ1) is 8.65. The number of hydrogen-bond acceptors (Lipinski definition) is 4. The highest BCUT2D eigenvalue weighted by atomic mass is 32.2. The third-order valence-corrected chi connectivity index (χ3v) is 3.84. The fourth-order valence-electron chi connectivity index (χ4n) is 1.82. The van der Waals surface area contributed by atoms with Crippen molar-refractivity contribution in [3.63, 3.8) is 0 Å². The van der Waals surface area contributed by atoms with Gasteiger partial charge in [0.1, 0.15) is 5.52 Å². The number of thioether (sulfide) groups is 1. The highest BCUT2D eigenvalue weighted by Crippen LogP contribution is 2.21. The van der Waals surface area contributed by atoms with Crippen LogP contribution in [0.4, 0.5) is 0 Å². The van der Waals surface area contributed by atoms with Crippen LogP contribution in [0, 0.1) is 0 Å². The first-order valence-corrected chi connectivity index (χ1v) is 6.95. The molecule has 96 valence electrons. The molecule has 1 unspecified atom stereocenters. The lowest BCUT2D eigenvalue weighted by molar-refractivity contribution is 0.0699. The zero-order valence-corrected chi connectivity index (χ0v) is 11.1. The van der Waals surface area contributed by atoms with E-state index in [1.54, 1.807) is 16.8 Å². The maximum Gasteiger partial charge on any atom is 0.338 e. The first kappa shape index (κ1) is 12.9. The lowest BCUT2D eigenvalue weighted by Crippen LogP contribution is -2.09. The number of aromatic carboxylic acids is 1. The second-order valence-electron chi connectivity index (χ2n) is 4.02. The van der Waals surface area contributed by atoms with E-state index in [0.29, 0.717) is 5.52 Å².